The zero-order valence-electron chi connectivity index (χ0n) is 8.77. The number of rotatable bonds is 1. The third-order valence-electron chi connectivity index (χ3n) is 2.85. The van der Waals surface area contributed by atoms with Crippen LogP contribution in [0, 0.1) is 0 Å². The summed E-state index contributed by atoms with van der Waals surface area (Å²) in [6.07, 6.45) is 3.31. The van der Waals surface area contributed by atoms with Crippen molar-refractivity contribution in [1.29, 1.82) is 0 Å². The standard InChI is InChI=1S/C10H15N3O2/c1-2-3-9(14)12-4-5-13-8(7-12)6-11-10(13)15/h2-3,8H,4-7H2,1H3,(H,11,15)/b3-2+. The van der Waals surface area contributed by atoms with Crippen LogP contribution in [0.4, 0.5) is 4.79 Å². The molecule has 3 amide bonds. The van der Waals surface area contributed by atoms with Gasteiger partial charge < -0.3 is 15.1 Å². The van der Waals surface area contributed by atoms with Gasteiger partial charge in [0.15, 0.2) is 0 Å². The fraction of sp³-hybridized carbons (Fsp3) is 0.600. The van der Waals surface area contributed by atoms with Gasteiger partial charge in [0.25, 0.3) is 0 Å². The van der Waals surface area contributed by atoms with E-state index in [0.717, 1.165) is 0 Å². The summed E-state index contributed by atoms with van der Waals surface area (Å²) in [5, 5.41) is 2.78. The smallest absolute Gasteiger partial charge is 0.317 e. The summed E-state index contributed by atoms with van der Waals surface area (Å²) >= 11 is 0. The molecule has 1 atom stereocenters. The Labute approximate surface area is 88.7 Å². The highest BCUT2D eigenvalue weighted by Crippen LogP contribution is 2.14. The number of nitrogens with one attached hydrogen (secondary N) is 1. The summed E-state index contributed by atoms with van der Waals surface area (Å²) in [6, 6.07) is 0.151. The second-order valence-electron chi connectivity index (χ2n) is 3.82. The number of allylic oxidation sites excluding steroid dienone is 1. The van der Waals surface area contributed by atoms with Gasteiger partial charge in [-0.2, -0.15) is 0 Å². The first-order chi connectivity index (χ1) is 7.22. The van der Waals surface area contributed by atoms with Crippen molar-refractivity contribution in [3.05, 3.63) is 12.2 Å². The van der Waals surface area contributed by atoms with E-state index in [0.29, 0.717) is 26.2 Å². The highest BCUT2D eigenvalue weighted by molar-refractivity contribution is 5.88. The number of carbonyl (C=O) groups excluding carboxylic acids is 2. The lowest BCUT2D eigenvalue weighted by atomic mass is 10.2. The van der Waals surface area contributed by atoms with E-state index in [1.165, 1.54) is 0 Å². The van der Waals surface area contributed by atoms with E-state index >= 15 is 0 Å². The zero-order valence-corrected chi connectivity index (χ0v) is 8.77. The second-order valence-corrected chi connectivity index (χ2v) is 3.82. The third-order valence-corrected chi connectivity index (χ3v) is 2.85. The number of carbonyl (C=O) groups is 2. The van der Waals surface area contributed by atoms with Gasteiger partial charge in [-0.1, -0.05) is 6.08 Å². The van der Waals surface area contributed by atoms with Crippen molar-refractivity contribution in [2.75, 3.05) is 26.2 Å². The van der Waals surface area contributed by atoms with Crippen LogP contribution in [-0.2, 0) is 4.79 Å². The molecule has 15 heavy (non-hydrogen) atoms. The first-order valence-corrected chi connectivity index (χ1v) is 5.18. The van der Waals surface area contributed by atoms with E-state index < -0.39 is 0 Å². The van der Waals surface area contributed by atoms with Gasteiger partial charge in [-0.25, -0.2) is 4.79 Å². The lowest BCUT2D eigenvalue weighted by Crippen LogP contribution is -2.53. The molecule has 1 unspecified atom stereocenters. The Hall–Kier alpha value is -1.52. The molecule has 0 radical (unpaired) electrons. The summed E-state index contributed by atoms with van der Waals surface area (Å²) in [7, 11) is 0. The largest absolute Gasteiger partial charge is 0.336 e. The predicted octanol–water partition coefficient (Wildman–Crippen LogP) is -0.201. The number of amides is 3. The minimum atomic E-state index is -0.00173. The number of piperazine rings is 1. The molecule has 0 aromatic rings. The van der Waals surface area contributed by atoms with Gasteiger partial charge in [-0.05, 0) is 13.0 Å². The third kappa shape index (κ3) is 1.82. The monoisotopic (exact) mass is 209 g/mol. The molecule has 5 heteroatoms. The van der Waals surface area contributed by atoms with Crippen molar-refractivity contribution in [1.82, 2.24) is 15.1 Å². The van der Waals surface area contributed by atoms with Crippen molar-refractivity contribution < 1.29 is 9.59 Å². The molecule has 0 bridgehead atoms. The molecule has 2 rings (SSSR count). The number of urea groups is 1. The van der Waals surface area contributed by atoms with Gasteiger partial charge in [-0.15, -0.1) is 0 Å². The van der Waals surface area contributed by atoms with Crippen molar-refractivity contribution in [3.63, 3.8) is 0 Å². The van der Waals surface area contributed by atoms with Crippen LogP contribution in [0.3, 0.4) is 0 Å². The van der Waals surface area contributed by atoms with E-state index in [1.54, 1.807) is 22.0 Å². The van der Waals surface area contributed by atoms with Crippen LogP contribution in [0.1, 0.15) is 6.92 Å². The first kappa shape index (κ1) is 10.0. The Morgan fingerprint density at radius 1 is 1.53 bits per heavy atom. The Bertz CT molecular complexity index is 314. The maximum absolute atomic E-state index is 11.6. The lowest BCUT2D eigenvalue weighted by molar-refractivity contribution is -0.128. The van der Waals surface area contributed by atoms with Crippen LogP contribution in [0.5, 0.6) is 0 Å². The fourth-order valence-electron chi connectivity index (χ4n) is 2.05. The van der Waals surface area contributed by atoms with Crippen molar-refractivity contribution in [2.24, 2.45) is 0 Å². The molecule has 2 saturated heterocycles. The second kappa shape index (κ2) is 3.92. The summed E-state index contributed by atoms with van der Waals surface area (Å²) < 4.78 is 0. The Morgan fingerprint density at radius 2 is 2.33 bits per heavy atom. The fourth-order valence-corrected chi connectivity index (χ4v) is 2.05. The highest BCUT2D eigenvalue weighted by Gasteiger charge is 2.36. The molecule has 2 heterocycles. The summed E-state index contributed by atoms with van der Waals surface area (Å²) in [5.41, 5.74) is 0. The molecular formula is C10H15N3O2. The van der Waals surface area contributed by atoms with Crippen molar-refractivity contribution >= 4 is 11.9 Å². The maximum Gasteiger partial charge on any atom is 0.317 e. The zero-order chi connectivity index (χ0) is 10.8. The van der Waals surface area contributed by atoms with Crippen molar-refractivity contribution in [3.8, 4) is 0 Å². The number of nitrogens with zero attached hydrogens (tertiary/aromatic N) is 2. The number of hydrogen-bond donors (Lipinski definition) is 1. The highest BCUT2D eigenvalue weighted by atomic mass is 16.2. The molecule has 0 aromatic heterocycles. The molecule has 0 spiro atoms. The molecule has 5 nitrogen and oxygen atoms in total. The van der Waals surface area contributed by atoms with Gasteiger partial charge >= 0.3 is 6.03 Å². The molecule has 2 fully saturated rings. The van der Waals surface area contributed by atoms with E-state index in [9.17, 15) is 9.59 Å². The number of hydrogen-bond acceptors (Lipinski definition) is 2. The molecule has 0 aromatic carbocycles. The lowest BCUT2D eigenvalue weighted by Gasteiger charge is -2.35. The first-order valence-electron chi connectivity index (χ1n) is 5.18. The van der Waals surface area contributed by atoms with Crippen LogP contribution in [0.25, 0.3) is 0 Å². The quantitative estimate of drug-likeness (QED) is 0.608. The average molecular weight is 209 g/mol. The molecule has 1 N–H and O–H groups in total. The van der Waals surface area contributed by atoms with Crippen molar-refractivity contribution in [2.45, 2.75) is 13.0 Å². The molecule has 2 aliphatic heterocycles. The van der Waals surface area contributed by atoms with Crippen LogP contribution in [0.15, 0.2) is 12.2 Å². The molecule has 0 saturated carbocycles. The average Bonchev–Trinajstić information content (AvgIpc) is 2.60. The Kier molecular flexibility index (Phi) is 2.62. The predicted molar refractivity (Wildman–Crippen MR) is 55.3 cm³/mol. The topological polar surface area (TPSA) is 52.7 Å². The van der Waals surface area contributed by atoms with E-state index in [4.69, 9.17) is 0 Å². The summed E-state index contributed by atoms with van der Waals surface area (Å²) in [4.78, 5) is 26.5. The van der Waals surface area contributed by atoms with E-state index in [-0.39, 0.29) is 18.0 Å². The van der Waals surface area contributed by atoms with Gasteiger partial charge in [0, 0.05) is 26.2 Å². The van der Waals surface area contributed by atoms with Gasteiger partial charge in [0.05, 0.1) is 6.04 Å². The van der Waals surface area contributed by atoms with Gasteiger partial charge in [0.1, 0.15) is 0 Å². The Balaban J connectivity index is 1.99. The van der Waals surface area contributed by atoms with E-state index in [1.807, 2.05) is 6.92 Å². The maximum atomic E-state index is 11.6. The minimum Gasteiger partial charge on any atom is -0.336 e. The molecular weight excluding hydrogens is 194 g/mol. The normalized spacial score (nSPS) is 25.7. The van der Waals surface area contributed by atoms with Crippen LogP contribution < -0.4 is 5.32 Å². The van der Waals surface area contributed by atoms with Crippen LogP contribution in [0.2, 0.25) is 0 Å². The van der Waals surface area contributed by atoms with E-state index in [2.05, 4.69) is 5.32 Å². The molecule has 82 valence electrons. The van der Waals surface area contributed by atoms with Gasteiger partial charge in [-0.3, -0.25) is 4.79 Å². The molecule has 0 aliphatic carbocycles. The molecule has 2 aliphatic rings. The SMILES string of the molecule is C/C=C/C(=O)N1CCN2C(=O)NCC2C1. The summed E-state index contributed by atoms with van der Waals surface area (Å²) in [5.74, 6) is 0.0384. The Morgan fingerprint density at radius 3 is 3.07 bits per heavy atom. The number of fused-ring (bicyclic) bond motifs is 1. The van der Waals surface area contributed by atoms with Gasteiger partial charge in [0.2, 0.25) is 5.91 Å². The van der Waals surface area contributed by atoms with Crippen LogP contribution in [-0.4, -0.2) is 54.0 Å². The van der Waals surface area contributed by atoms with Crippen LogP contribution >= 0.6 is 0 Å². The summed E-state index contributed by atoms with van der Waals surface area (Å²) in [6.45, 7) is 4.39. The minimum absolute atomic E-state index is 0.00173.